The molecule has 0 radical (unpaired) electrons. The summed E-state index contributed by atoms with van der Waals surface area (Å²) in [5.41, 5.74) is 4.79. The first-order chi connectivity index (χ1) is 14.2. The maximum atomic E-state index is 6.29. The standard InChI is InChI=1S/C22H25ClN4O2/c1-2-16-5-7-24-22(25-16)27-8-6-17-18-10-15(23)3-4-19(18)26-21(17)20(27)9-14-11-28-13-29-12-14/h3-5,7,10,14,20,26H,2,6,8-9,11-13H2,1H3/t20-/m0/s1. The molecule has 0 aliphatic carbocycles. The molecule has 0 amide bonds. The van der Waals surface area contributed by atoms with Crippen molar-refractivity contribution in [2.24, 2.45) is 5.92 Å². The highest BCUT2D eigenvalue weighted by Crippen LogP contribution is 2.40. The molecule has 6 nitrogen and oxygen atoms in total. The van der Waals surface area contributed by atoms with E-state index in [-0.39, 0.29) is 6.04 Å². The summed E-state index contributed by atoms with van der Waals surface area (Å²) < 4.78 is 11.1. The molecule has 2 aromatic heterocycles. The van der Waals surface area contributed by atoms with Gasteiger partial charge in [-0.3, -0.25) is 0 Å². The molecule has 1 saturated heterocycles. The van der Waals surface area contributed by atoms with Crippen molar-refractivity contribution < 1.29 is 9.47 Å². The highest BCUT2D eigenvalue weighted by molar-refractivity contribution is 6.31. The van der Waals surface area contributed by atoms with Crippen molar-refractivity contribution in [3.8, 4) is 0 Å². The lowest BCUT2D eigenvalue weighted by atomic mass is 9.91. The zero-order chi connectivity index (χ0) is 19.8. The fourth-order valence-corrected chi connectivity index (χ4v) is 4.70. The summed E-state index contributed by atoms with van der Waals surface area (Å²) in [5, 5.41) is 1.99. The van der Waals surface area contributed by atoms with Crippen LogP contribution < -0.4 is 4.90 Å². The number of benzene rings is 1. The van der Waals surface area contributed by atoms with Crippen molar-refractivity contribution in [1.29, 1.82) is 0 Å². The Labute approximate surface area is 175 Å². The number of ether oxygens (including phenoxy) is 2. The average Bonchev–Trinajstić information content (AvgIpc) is 3.13. The number of halogens is 1. The number of aryl methyl sites for hydroxylation is 1. The highest BCUT2D eigenvalue weighted by atomic mass is 35.5. The van der Waals surface area contributed by atoms with Gasteiger partial charge in [0.15, 0.2) is 0 Å². The van der Waals surface area contributed by atoms with E-state index >= 15 is 0 Å². The Kier molecular flexibility index (Phi) is 5.16. The van der Waals surface area contributed by atoms with Crippen molar-refractivity contribution in [3.63, 3.8) is 0 Å². The number of nitrogens with zero attached hydrogens (tertiary/aromatic N) is 3. The lowest BCUT2D eigenvalue weighted by Crippen LogP contribution is -2.39. The number of fused-ring (bicyclic) bond motifs is 3. The lowest BCUT2D eigenvalue weighted by Gasteiger charge is -2.38. The van der Waals surface area contributed by atoms with Crippen molar-refractivity contribution in [2.45, 2.75) is 32.2 Å². The van der Waals surface area contributed by atoms with Gasteiger partial charge in [-0.15, -0.1) is 0 Å². The molecule has 1 N–H and O–H groups in total. The quantitative estimate of drug-likeness (QED) is 0.692. The summed E-state index contributed by atoms with van der Waals surface area (Å²) in [6, 6.07) is 8.21. The molecule has 1 atom stereocenters. The Morgan fingerprint density at radius 3 is 2.93 bits per heavy atom. The summed E-state index contributed by atoms with van der Waals surface area (Å²) in [7, 11) is 0. The molecular weight excluding hydrogens is 388 g/mol. The Bertz CT molecular complexity index is 1020. The maximum Gasteiger partial charge on any atom is 0.226 e. The van der Waals surface area contributed by atoms with E-state index < -0.39 is 0 Å². The fraction of sp³-hybridized carbons (Fsp3) is 0.455. The maximum absolute atomic E-state index is 6.29. The Morgan fingerprint density at radius 1 is 1.24 bits per heavy atom. The van der Waals surface area contributed by atoms with E-state index in [2.05, 4.69) is 33.9 Å². The van der Waals surface area contributed by atoms with Crippen LogP contribution in [0.3, 0.4) is 0 Å². The van der Waals surface area contributed by atoms with Crippen LogP contribution in [0.5, 0.6) is 0 Å². The third-order valence-electron chi connectivity index (χ3n) is 5.96. The van der Waals surface area contributed by atoms with E-state index in [4.69, 9.17) is 26.1 Å². The van der Waals surface area contributed by atoms with Gasteiger partial charge in [0.05, 0.1) is 19.3 Å². The summed E-state index contributed by atoms with van der Waals surface area (Å²) >= 11 is 6.29. The van der Waals surface area contributed by atoms with Crippen molar-refractivity contribution in [2.75, 3.05) is 31.5 Å². The highest BCUT2D eigenvalue weighted by Gasteiger charge is 2.34. The van der Waals surface area contributed by atoms with E-state index in [0.717, 1.165) is 61.2 Å². The van der Waals surface area contributed by atoms with Gasteiger partial charge < -0.3 is 19.4 Å². The van der Waals surface area contributed by atoms with Crippen molar-refractivity contribution >= 4 is 28.5 Å². The van der Waals surface area contributed by atoms with Crippen LogP contribution in [0.25, 0.3) is 10.9 Å². The molecule has 4 heterocycles. The molecule has 0 spiro atoms. The molecule has 5 rings (SSSR count). The summed E-state index contributed by atoms with van der Waals surface area (Å²) in [4.78, 5) is 15.4. The number of rotatable bonds is 4. The van der Waals surface area contributed by atoms with E-state index in [1.165, 1.54) is 16.6 Å². The number of aromatic amines is 1. The van der Waals surface area contributed by atoms with Crippen LogP contribution in [-0.4, -0.2) is 41.5 Å². The van der Waals surface area contributed by atoms with Gasteiger partial charge >= 0.3 is 0 Å². The van der Waals surface area contributed by atoms with Crippen LogP contribution in [-0.2, 0) is 22.3 Å². The van der Waals surface area contributed by atoms with E-state index in [9.17, 15) is 0 Å². The SMILES string of the molecule is CCc1ccnc(N2CCc3c([nH]c4ccc(Cl)cc34)[C@@H]2CC2COCOC2)n1. The summed E-state index contributed by atoms with van der Waals surface area (Å²) in [6.07, 6.45) is 4.62. The zero-order valence-electron chi connectivity index (χ0n) is 16.5. The zero-order valence-corrected chi connectivity index (χ0v) is 17.3. The van der Waals surface area contributed by atoms with Crippen LogP contribution in [0.2, 0.25) is 5.02 Å². The topological polar surface area (TPSA) is 63.3 Å². The molecule has 3 aromatic rings. The first-order valence-corrected chi connectivity index (χ1v) is 10.6. The first kappa shape index (κ1) is 18.9. The van der Waals surface area contributed by atoms with E-state index in [0.29, 0.717) is 12.7 Å². The van der Waals surface area contributed by atoms with Gasteiger partial charge in [0.25, 0.3) is 0 Å². The van der Waals surface area contributed by atoms with Gasteiger partial charge in [-0.25, -0.2) is 9.97 Å². The molecule has 0 saturated carbocycles. The third kappa shape index (κ3) is 3.61. The van der Waals surface area contributed by atoms with Gasteiger partial charge in [0, 0.05) is 46.0 Å². The monoisotopic (exact) mass is 412 g/mol. The van der Waals surface area contributed by atoms with Crippen molar-refractivity contribution in [1.82, 2.24) is 15.0 Å². The molecule has 1 fully saturated rings. The average molecular weight is 413 g/mol. The molecule has 2 aliphatic heterocycles. The van der Waals surface area contributed by atoms with Gasteiger partial charge in [-0.2, -0.15) is 0 Å². The molecular formula is C22H25ClN4O2. The van der Waals surface area contributed by atoms with E-state index in [1.807, 2.05) is 18.3 Å². The molecule has 7 heteroatoms. The molecule has 0 unspecified atom stereocenters. The van der Waals surface area contributed by atoms with Gasteiger partial charge in [-0.05, 0) is 49.1 Å². The van der Waals surface area contributed by atoms with Gasteiger partial charge in [0.1, 0.15) is 6.79 Å². The smallest absolute Gasteiger partial charge is 0.226 e. The second-order valence-electron chi connectivity index (χ2n) is 7.83. The largest absolute Gasteiger partial charge is 0.356 e. The van der Waals surface area contributed by atoms with Crippen LogP contribution in [0.4, 0.5) is 5.95 Å². The predicted octanol–water partition coefficient (Wildman–Crippen LogP) is 4.29. The van der Waals surface area contributed by atoms with Crippen LogP contribution >= 0.6 is 11.6 Å². The normalized spacial score (nSPS) is 20.2. The second kappa shape index (κ2) is 7.94. The van der Waals surface area contributed by atoms with E-state index in [1.54, 1.807) is 0 Å². The predicted molar refractivity (Wildman–Crippen MR) is 113 cm³/mol. The number of anilines is 1. The minimum atomic E-state index is 0.146. The Balaban J connectivity index is 1.57. The molecule has 2 aliphatic rings. The van der Waals surface area contributed by atoms with Crippen LogP contribution in [0.15, 0.2) is 30.5 Å². The minimum Gasteiger partial charge on any atom is -0.356 e. The second-order valence-corrected chi connectivity index (χ2v) is 8.27. The number of hydrogen-bond donors (Lipinski definition) is 1. The van der Waals surface area contributed by atoms with Crippen LogP contribution in [0.1, 0.15) is 36.3 Å². The first-order valence-electron chi connectivity index (χ1n) is 10.3. The van der Waals surface area contributed by atoms with Gasteiger partial charge in [-0.1, -0.05) is 18.5 Å². The van der Waals surface area contributed by atoms with Gasteiger partial charge in [0.2, 0.25) is 5.95 Å². The Hall–Kier alpha value is -2.15. The summed E-state index contributed by atoms with van der Waals surface area (Å²) in [6.45, 7) is 4.83. The molecule has 1 aromatic carbocycles. The summed E-state index contributed by atoms with van der Waals surface area (Å²) in [5.74, 6) is 1.14. The fourth-order valence-electron chi connectivity index (χ4n) is 4.53. The molecule has 0 bridgehead atoms. The number of nitrogens with one attached hydrogen (secondary N) is 1. The van der Waals surface area contributed by atoms with Crippen LogP contribution in [0, 0.1) is 5.92 Å². The molecule has 152 valence electrons. The Morgan fingerprint density at radius 2 is 2.10 bits per heavy atom. The number of aromatic nitrogens is 3. The lowest BCUT2D eigenvalue weighted by molar-refractivity contribution is -0.128. The number of hydrogen-bond acceptors (Lipinski definition) is 5. The number of H-pyrrole nitrogens is 1. The third-order valence-corrected chi connectivity index (χ3v) is 6.20. The minimum absolute atomic E-state index is 0.146. The van der Waals surface area contributed by atoms with Crippen molar-refractivity contribution in [3.05, 3.63) is 52.4 Å². The molecule has 29 heavy (non-hydrogen) atoms.